The highest BCUT2D eigenvalue weighted by atomic mass is 32.2. The van der Waals surface area contributed by atoms with Crippen LogP contribution in [0.1, 0.15) is 47.6 Å². The van der Waals surface area contributed by atoms with Gasteiger partial charge in [-0.05, 0) is 43.7 Å². The number of carboxylic acid groups (broad SMARTS) is 1. The summed E-state index contributed by atoms with van der Waals surface area (Å²) in [4.78, 5) is 28.6. The molecule has 32 heavy (non-hydrogen) atoms. The van der Waals surface area contributed by atoms with Gasteiger partial charge in [0, 0.05) is 47.4 Å². The van der Waals surface area contributed by atoms with Crippen molar-refractivity contribution >= 4 is 33.5 Å². The fourth-order valence-electron chi connectivity index (χ4n) is 4.43. The summed E-state index contributed by atoms with van der Waals surface area (Å²) < 4.78 is 33.7. The number of pyridine rings is 1. The van der Waals surface area contributed by atoms with Crippen LogP contribution in [0.4, 0.5) is 8.78 Å². The highest BCUT2D eigenvalue weighted by molar-refractivity contribution is 8.11. The molecule has 1 aromatic carbocycles. The van der Waals surface area contributed by atoms with Gasteiger partial charge in [0.15, 0.2) is 5.75 Å². The zero-order valence-electron chi connectivity index (χ0n) is 17.4. The average molecular weight is 461 g/mol. The number of alkyl halides is 2. The number of carboxylic acids is 1. The lowest BCUT2D eigenvalue weighted by atomic mass is 9.96. The molecule has 6 nitrogen and oxygen atoms in total. The molecule has 0 bridgehead atoms. The van der Waals surface area contributed by atoms with Crippen LogP contribution in [-0.2, 0) is 0 Å². The van der Waals surface area contributed by atoms with Crippen LogP contribution < -0.4 is 10.2 Å². The van der Waals surface area contributed by atoms with E-state index in [1.54, 1.807) is 10.6 Å². The molecule has 1 N–H and O–H groups in total. The van der Waals surface area contributed by atoms with Gasteiger partial charge >= 0.3 is 12.6 Å². The molecular weight excluding hydrogens is 438 g/mol. The number of hydrogen-bond donors (Lipinski definition) is 1. The van der Waals surface area contributed by atoms with E-state index in [4.69, 9.17) is 4.74 Å². The molecule has 5 rings (SSSR count). The average Bonchev–Trinajstić information content (AvgIpc) is 3.58. The number of aromatic carboxylic acids is 1. The zero-order valence-corrected chi connectivity index (χ0v) is 18.2. The van der Waals surface area contributed by atoms with E-state index < -0.39 is 18.0 Å². The van der Waals surface area contributed by atoms with Crippen molar-refractivity contribution in [3.05, 3.63) is 56.9 Å². The first-order valence-electron chi connectivity index (χ1n) is 10.5. The van der Waals surface area contributed by atoms with Gasteiger partial charge < -0.3 is 19.3 Å². The van der Waals surface area contributed by atoms with Gasteiger partial charge in [-0.2, -0.15) is 8.78 Å². The molecule has 168 valence electrons. The van der Waals surface area contributed by atoms with Crippen molar-refractivity contribution in [2.75, 3.05) is 13.6 Å². The first-order valence-corrected chi connectivity index (χ1v) is 11.4. The molecule has 1 aliphatic carbocycles. The highest BCUT2D eigenvalue weighted by Gasteiger charge is 2.32. The van der Waals surface area contributed by atoms with Crippen molar-refractivity contribution in [3.8, 4) is 5.75 Å². The van der Waals surface area contributed by atoms with Crippen LogP contribution in [-0.4, -0.2) is 40.7 Å². The van der Waals surface area contributed by atoms with Gasteiger partial charge in [-0.3, -0.25) is 4.79 Å². The Morgan fingerprint density at radius 2 is 2.06 bits per heavy atom. The van der Waals surface area contributed by atoms with Gasteiger partial charge in [-0.25, -0.2) is 4.79 Å². The minimum absolute atomic E-state index is 0.0430. The van der Waals surface area contributed by atoms with E-state index in [0.29, 0.717) is 11.5 Å². The second-order valence-electron chi connectivity index (χ2n) is 8.44. The fourth-order valence-corrected chi connectivity index (χ4v) is 5.75. The number of fused-ring (bicyclic) bond motifs is 2. The van der Waals surface area contributed by atoms with Crippen molar-refractivity contribution in [3.63, 3.8) is 0 Å². The lowest BCUT2D eigenvalue weighted by Crippen LogP contribution is -2.24. The van der Waals surface area contributed by atoms with Gasteiger partial charge in [0.25, 0.3) is 0 Å². The Kier molecular flexibility index (Phi) is 5.23. The molecular formula is C23H22F2N2O4S. The maximum Gasteiger partial charge on any atom is 0.387 e. The molecule has 0 spiro atoms. The van der Waals surface area contributed by atoms with Crippen LogP contribution in [0.2, 0.25) is 0 Å². The second-order valence-corrected chi connectivity index (χ2v) is 9.55. The monoisotopic (exact) mass is 460 g/mol. The minimum Gasteiger partial charge on any atom is -0.477 e. The molecule has 2 aromatic rings. The Balaban J connectivity index is 1.72. The molecule has 3 aliphatic rings. The van der Waals surface area contributed by atoms with Crippen LogP contribution in [0.15, 0.2) is 40.3 Å². The third-order valence-corrected chi connectivity index (χ3v) is 7.47. The Bertz CT molecular complexity index is 1230. The number of rotatable bonds is 5. The third-order valence-electron chi connectivity index (χ3n) is 6.19. The van der Waals surface area contributed by atoms with Crippen LogP contribution in [0.5, 0.6) is 5.75 Å². The number of thioether (sulfide) groups is 1. The summed E-state index contributed by atoms with van der Waals surface area (Å²) in [6, 6.07) is 3.08. The molecule has 0 amide bonds. The molecule has 1 unspecified atom stereocenters. The van der Waals surface area contributed by atoms with E-state index in [1.807, 2.05) is 13.1 Å². The van der Waals surface area contributed by atoms with E-state index in [9.17, 15) is 23.5 Å². The predicted octanol–water partition coefficient (Wildman–Crippen LogP) is 4.91. The smallest absolute Gasteiger partial charge is 0.387 e. The lowest BCUT2D eigenvalue weighted by Gasteiger charge is -2.32. The minimum atomic E-state index is -3.08. The maximum atomic E-state index is 13.5. The van der Waals surface area contributed by atoms with Crippen molar-refractivity contribution in [2.24, 2.45) is 5.92 Å². The number of nitrogens with zero attached hydrogens (tertiary/aromatic N) is 2. The van der Waals surface area contributed by atoms with Crippen LogP contribution >= 0.6 is 11.8 Å². The van der Waals surface area contributed by atoms with Gasteiger partial charge in [0.05, 0.1) is 10.9 Å². The maximum absolute atomic E-state index is 13.5. The summed E-state index contributed by atoms with van der Waals surface area (Å²) in [7, 11) is 2.01. The normalized spacial score (nSPS) is 20.8. The molecule has 2 aliphatic heterocycles. The molecule has 1 saturated carbocycles. The van der Waals surface area contributed by atoms with E-state index in [1.165, 1.54) is 28.9 Å². The largest absolute Gasteiger partial charge is 0.477 e. The molecule has 1 aromatic heterocycles. The second kappa shape index (κ2) is 7.95. The Hall–Kier alpha value is -2.81. The molecule has 9 heteroatoms. The molecule has 0 radical (unpaired) electrons. The van der Waals surface area contributed by atoms with E-state index in [0.717, 1.165) is 37.1 Å². The first kappa shape index (κ1) is 21.1. The molecule has 3 heterocycles. The number of allylic oxidation sites excluding steroid dienone is 2. The van der Waals surface area contributed by atoms with Crippen molar-refractivity contribution in [1.82, 2.24) is 9.47 Å². The fraction of sp³-hybridized carbons (Fsp3) is 0.391. The van der Waals surface area contributed by atoms with E-state index in [-0.39, 0.29) is 28.3 Å². The standard InChI is InChI=1S/C23H22F2N2O4S/c1-26-9-8-12-2-7-17(32-18(12)11-26)14-5-6-15-19(21(14)31-23(24)25)27(13-3-4-13)10-16(20(15)28)22(29)30/h5-7,10-13,23H,2-4,8-9H2,1H3,(H,29,30). The number of carbonyl (C=O) groups is 1. The number of halogens is 2. The van der Waals surface area contributed by atoms with Gasteiger partial charge in [0.1, 0.15) is 5.56 Å². The Morgan fingerprint density at radius 3 is 2.75 bits per heavy atom. The summed E-state index contributed by atoms with van der Waals surface area (Å²) >= 11 is 1.54. The quantitative estimate of drug-likeness (QED) is 0.684. The predicted molar refractivity (Wildman–Crippen MR) is 119 cm³/mol. The summed E-state index contributed by atoms with van der Waals surface area (Å²) in [5, 5.41) is 9.55. The molecule has 1 atom stereocenters. The molecule has 1 fully saturated rings. The third kappa shape index (κ3) is 3.68. The number of ether oxygens (including phenoxy) is 1. The lowest BCUT2D eigenvalue weighted by molar-refractivity contribution is -0.0492. The SMILES string of the molecule is CN1C=C2SC(c3ccc4c(=O)c(C(=O)O)cn(C5CC5)c4c3OC(F)F)=CCC2CC1. The molecule has 0 saturated heterocycles. The number of aromatic nitrogens is 1. The van der Waals surface area contributed by atoms with Gasteiger partial charge in [-0.1, -0.05) is 17.8 Å². The van der Waals surface area contributed by atoms with Crippen LogP contribution in [0, 0.1) is 5.92 Å². The number of benzene rings is 1. The summed E-state index contributed by atoms with van der Waals surface area (Å²) in [5.41, 5.74) is -0.340. The van der Waals surface area contributed by atoms with Crippen molar-refractivity contribution in [2.45, 2.75) is 38.3 Å². The van der Waals surface area contributed by atoms with E-state index in [2.05, 4.69) is 11.1 Å². The highest BCUT2D eigenvalue weighted by Crippen LogP contribution is 2.50. The number of hydrogen-bond acceptors (Lipinski definition) is 5. The summed E-state index contributed by atoms with van der Waals surface area (Å²) in [5.74, 6) is -0.986. The Morgan fingerprint density at radius 1 is 1.28 bits per heavy atom. The Labute approximate surface area is 187 Å². The summed E-state index contributed by atoms with van der Waals surface area (Å²) in [6.07, 6.45) is 8.83. The van der Waals surface area contributed by atoms with Crippen molar-refractivity contribution < 1.29 is 23.4 Å². The van der Waals surface area contributed by atoms with Crippen molar-refractivity contribution in [1.29, 1.82) is 0 Å². The van der Waals surface area contributed by atoms with E-state index >= 15 is 0 Å². The topological polar surface area (TPSA) is 71.8 Å². The first-order chi connectivity index (χ1) is 15.3. The van der Waals surface area contributed by atoms with Crippen LogP contribution in [0.25, 0.3) is 15.8 Å². The zero-order chi connectivity index (χ0) is 22.6. The van der Waals surface area contributed by atoms with Crippen LogP contribution in [0.3, 0.4) is 0 Å². The van der Waals surface area contributed by atoms with Gasteiger partial charge in [0.2, 0.25) is 5.43 Å². The van der Waals surface area contributed by atoms with Gasteiger partial charge in [-0.15, -0.1) is 0 Å². The summed E-state index contributed by atoms with van der Waals surface area (Å²) in [6.45, 7) is -2.10.